The molecule has 1 aromatic carbocycles. The standard InChI is InChI=1S/C15H13F4N3O3/c16-10-5-4-8(6-9(10)15(17,18)19)7-21-14(25)22-11(13(23)24)2-1-3-12(22)20-21/h4-6,11H,1-3,7H2,(H,23,24)/t11-/m0/s1. The lowest BCUT2D eigenvalue weighted by atomic mass is 10.1. The molecular weight excluding hydrogens is 346 g/mol. The number of hydrogen-bond acceptors (Lipinski definition) is 3. The fourth-order valence-electron chi connectivity index (χ4n) is 2.93. The molecule has 0 fully saturated rings. The quantitative estimate of drug-likeness (QED) is 0.853. The van der Waals surface area contributed by atoms with Gasteiger partial charge in [0, 0.05) is 6.42 Å². The highest BCUT2D eigenvalue weighted by atomic mass is 19.4. The van der Waals surface area contributed by atoms with E-state index in [1.54, 1.807) is 0 Å². The summed E-state index contributed by atoms with van der Waals surface area (Å²) in [6, 6.07) is 1.39. The smallest absolute Gasteiger partial charge is 0.419 e. The summed E-state index contributed by atoms with van der Waals surface area (Å²) >= 11 is 0. The number of aromatic nitrogens is 3. The van der Waals surface area contributed by atoms with Crippen LogP contribution in [-0.4, -0.2) is 25.4 Å². The van der Waals surface area contributed by atoms with E-state index in [4.69, 9.17) is 0 Å². The molecule has 10 heteroatoms. The maximum atomic E-state index is 13.3. The first-order chi connectivity index (χ1) is 11.7. The van der Waals surface area contributed by atoms with Gasteiger partial charge in [-0.1, -0.05) is 6.07 Å². The highest BCUT2D eigenvalue weighted by molar-refractivity contribution is 5.72. The highest BCUT2D eigenvalue weighted by Gasteiger charge is 2.34. The van der Waals surface area contributed by atoms with Crippen molar-refractivity contribution in [2.24, 2.45) is 0 Å². The minimum atomic E-state index is -4.85. The van der Waals surface area contributed by atoms with Crippen molar-refractivity contribution < 1.29 is 27.5 Å². The predicted octanol–water partition coefficient (Wildman–Crippen LogP) is 2.21. The molecule has 0 radical (unpaired) electrons. The third-order valence-electron chi connectivity index (χ3n) is 4.08. The van der Waals surface area contributed by atoms with E-state index in [1.165, 1.54) is 0 Å². The number of fused-ring (bicyclic) bond motifs is 1. The number of aliphatic carboxylic acids is 1. The largest absolute Gasteiger partial charge is 0.480 e. The van der Waals surface area contributed by atoms with Gasteiger partial charge in [-0.25, -0.2) is 18.7 Å². The van der Waals surface area contributed by atoms with Gasteiger partial charge < -0.3 is 5.11 Å². The fourth-order valence-corrected chi connectivity index (χ4v) is 2.93. The zero-order valence-corrected chi connectivity index (χ0v) is 12.8. The molecule has 0 unspecified atom stereocenters. The van der Waals surface area contributed by atoms with Crippen molar-refractivity contribution in [3.05, 3.63) is 51.5 Å². The van der Waals surface area contributed by atoms with Crippen LogP contribution in [0.3, 0.4) is 0 Å². The van der Waals surface area contributed by atoms with Crippen LogP contribution in [0.5, 0.6) is 0 Å². The molecule has 0 spiro atoms. The molecule has 0 saturated heterocycles. The fraction of sp³-hybridized carbons (Fsp3) is 0.400. The molecule has 1 N–H and O–H groups in total. The predicted molar refractivity (Wildman–Crippen MR) is 76.6 cm³/mol. The summed E-state index contributed by atoms with van der Waals surface area (Å²) in [5.74, 6) is -2.29. The van der Waals surface area contributed by atoms with Crippen LogP contribution in [0.25, 0.3) is 0 Å². The Morgan fingerprint density at radius 1 is 1.36 bits per heavy atom. The van der Waals surface area contributed by atoms with Crippen molar-refractivity contribution in [1.29, 1.82) is 0 Å². The van der Waals surface area contributed by atoms with Crippen LogP contribution in [0.4, 0.5) is 17.6 Å². The molecule has 25 heavy (non-hydrogen) atoms. The van der Waals surface area contributed by atoms with Crippen molar-refractivity contribution in [2.45, 2.75) is 38.0 Å². The highest BCUT2D eigenvalue weighted by Crippen LogP contribution is 2.32. The van der Waals surface area contributed by atoms with Gasteiger partial charge in [-0.15, -0.1) is 0 Å². The van der Waals surface area contributed by atoms with Crippen LogP contribution in [0, 0.1) is 5.82 Å². The second kappa shape index (κ2) is 6.01. The van der Waals surface area contributed by atoms with Gasteiger partial charge in [0.05, 0.1) is 12.1 Å². The van der Waals surface area contributed by atoms with Crippen molar-refractivity contribution in [1.82, 2.24) is 14.3 Å². The Balaban J connectivity index is 1.98. The first-order valence-electron chi connectivity index (χ1n) is 7.45. The first-order valence-corrected chi connectivity index (χ1v) is 7.45. The Bertz CT molecular complexity index is 885. The minimum absolute atomic E-state index is 0.0400. The molecule has 1 aliphatic rings. The van der Waals surface area contributed by atoms with Crippen LogP contribution in [0.1, 0.15) is 35.8 Å². The van der Waals surface area contributed by atoms with Gasteiger partial charge in [-0.2, -0.15) is 18.3 Å². The van der Waals surface area contributed by atoms with Gasteiger partial charge in [0.2, 0.25) is 0 Å². The Labute approximate surface area is 138 Å². The Morgan fingerprint density at radius 3 is 2.72 bits per heavy atom. The van der Waals surface area contributed by atoms with E-state index in [2.05, 4.69) is 5.10 Å². The number of benzene rings is 1. The van der Waals surface area contributed by atoms with Crippen molar-refractivity contribution in [3.63, 3.8) is 0 Å². The molecule has 0 saturated carbocycles. The first kappa shape index (κ1) is 17.2. The summed E-state index contributed by atoms with van der Waals surface area (Å²) in [7, 11) is 0. The van der Waals surface area contributed by atoms with Crippen LogP contribution < -0.4 is 5.69 Å². The minimum Gasteiger partial charge on any atom is -0.480 e. The van der Waals surface area contributed by atoms with Crippen LogP contribution >= 0.6 is 0 Å². The third-order valence-corrected chi connectivity index (χ3v) is 4.08. The zero-order chi connectivity index (χ0) is 18.4. The normalized spacial score (nSPS) is 17.4. The van der Waals surface area contributed by atoms with Crippen molar-refractivity contribution in [3.8, 4) is 0 Å². The summed E-state index contributed by atoms with van der Waals surface area (Å²) in [4.78, 5) is 23.7. The summed E-state index contributed by atoms with van der Waals surface area (Å²) < 4.78 is 53.6. The summed E-state index contributed by atoms with van der Waals surface area (Å²) in [5, 5.41) is 13.2. The zero-order valence-electron chi connectivity index (χ0n) is 12.8. The maximum Gasteiger partial charge on any atom is 0.419 e. The number of carboxylic acids is 1. The average molecular weight is 359 g/mol. The number of alkyl halides is 3. The lowest BCUT2D eigenvalue weighted by molar-refractivity contribution is -0.142. The lowest BCUT2D eigenvalue weighted by Crippen LogP contribution is -2.34. The summed E-state index contributed by atoms with van der Waals surface area (Å²) in [6.07, 6.45) is -3.62. The van der Waals surface area contributed by atoms with Crippen molar-refractivity contribution in [2.75, 3.05) is 0 Å². The molecule has 0 amide bonds. The number of nitrogens with zero attached hydrogens (tertiary/aromatic N) is 3. The van der Waals surface area contributed by atoms with E-state index >= 15 is 0 Å². The van der Waals surface area contributed by atoms with Crippen LogP contribution in [-0.2, 0) is 23.9 Å². The van der Waals surface area contributed by atoms with Gasteiger partial charge in [0.15, 0.2) is 0 Å². The molecule has 6 nitrogen and oxygen atoms in total. The number of aryl methyl sites for hydroxylation is 1. The summed E-state index contributed by atoms with van der Waals surface area (Å²) in [6.45, 7) is -0.311. The number of halogens is 4. The molecule has 2 aromatic rings. The van der Waals surface area contributed by atoms with Crippen molar-refractivity contribution >= 4 is 5.97 Å². The van der Waals surface area contributed by atoms with Crippen LogP contribution in [0.15, 0.2) is 23.0 Å². The van der Waals surface area contributed by atoms with E-state index in [9.17, 15) is 32.3 Å². The van der Waals surface area contributed by atoms with E-state index in [1.807, 2.05) is 0 Å². The monoisotopic (exact) mass is 359 g/mol. The topological polar surface area (TPSA) is 77.1 Å². The molecule has 1 atom stereocenters. The Morgan fingerprint density at radius 2 is 2.08 bits per heavy atom. The molecule has 0 bridgehead atoms. The molecule has 134 valence electrons. The number of carboxylic acid groups (broad SMARTS) is 1. The van der Waals surface area contributed by atoms with E-state index in [0.29, 0.717) is 25.0 Å². The van der Waals surface area contributed by atoms with Gasteiger partial charge in [-0.3, -0.25) is 4.57 Å². The van der Waals surface area contributed by atoms with E-state index in [0.717, 1.165) is 15.3 Å². The molecule has 1 aromatic heterocycles. The van der Waals surface area contributed by atoms with Gasteiger partial charge in [-0.05, 0) is 30.5 Å². The van der Waals surface area contributed by atoms with Gasteiger partial charge in [0.25, 0.3) is 0 Å². The second-order valence-electron chi connectivity index (χ2n) is 5.78. The molecule has 0 aliphatic carbocycles. The lowest BCUT2D eigenvalue weighted by Gasteiger charge is -2.19. The SMILES string of the molecule is O=C(O)[C@@H]1CCCc2nn(Cc3ccc(F)c(C(F)(F)F)c3)c(=O)n21. The van der Waals surface area contributed by atoms with E-state index in [-0.39, 0.29) is 24.4 Å². The molecule has 1 aliphatic heterocycles. The molecular formula is C15H13F4N3O3. The molecule has 3 rings (SSSR count). The Kier molecular flexibility index (Phi) is 4.13. The number of rotatable bonds is 3. The average Bonchev–Trinajstić information content (AvgIpc) is 2.84. The van der Waals surface area contributed by atoms with Crippen LogP contribution in [0.2, 0.25) is 0 Å². The number of hydrogen-bond donors (Lipinski definition) is 1. The second-order valence-corrected chi connectivity index (χ2v) is 5.78. The van der Waals surface area contributed by atoms with Gasteiger partial charge in [0.1, 0.15) is 17.7 Å². The maximum absolute atomic E-state index is 13.3. The van der Waals surface area contributed by atoms with E-state index < -0.39 is 35.3 Å². The van der Waals surface area contributed by atoms with Gasteiger partial charge >= 0.3 is 17.8 Å². The third kappa shape index (κ3) is 3.15. The summed E-state index contributed by atoms with van der Waals surface area (Å²) in [5.41, 5.74) is -2.09. The Hall–Kier alpha value is -2.65. The number of carbonyl (C=O) groups is 1. The molecule has 2 heterocycles.